The summed E-state index contributed by atoms with van der Waals surface area (Å²) >= 11 is 6.15. The molecular weight excluding hydrogens is 366 g/mol. The molecule has 140 valence electrons. The molecule has 0 radical (unpaired) electrons. The van der Waals surface area contributed by atoms with E-state index in [1.54, 1.807) is 43.3 Å². The van der Waals surface area contributed by atoms with Gasteiger partial charge in [0.25, 0.3) is 11.8 Å². The van der Waals surface area contributed by atoms with Crippen molar-refractivity contribution >= 4 is 29.1 Å². The number of rotatable bonds is 7. The maximum absolute atomic E-state index is 12.3. The Hall–Kier alpha value is -3.04. The van der Waals surface area contributed by atoms with E-state index in [0.717, 1.165) is 6.42 Å². The molecule has 2 amide bonds. The van der Waals surface area contributed by atoms with Gasteiger partial charge in [0.1, 0.15) is 5.75 Å². The second-order valence-electron chi connectivity index (χ2n) is 5.84. The summed E-state index contributed by atoms with van der Waals surface area (Å²) in [5.74, 6) is -0.131. The van der Waals surface area contributed by atoms with Crippen LogP contribution in [0.25, 0.3) is 0 Å². The molecule has 0 aromatic heterocycles. The predicted octanol–water partition coefficient (Wildman–Crippen LogP) is 3.76. The highest BCUT2D eigenvalue weighted by molar-refractivity contribution is 6.34. The van der Waals surface area contributed by atoms with Gasteiger partial charge in [-0.3, -0.25) is 9.59 Å². The highest BCUT2D eigenvalue weighted by Gasteiger charge is 2.16. The van der Waals surface area contributed by atoms with Crippen molar-refractivity contribution in [2.24, 2.45) is 0 Å². The molecule has 0 aliphatic carbocycles. The monoisotopic (exact) mass is 385 g/mol. The molecule has 2 aromatic rings. The first kappa shape index (κ1) is 20.3. The number of nitrogens with zero attached hydrogens (tertiary/aromatic N) is 1. The van der Waals surface area contributed by atoms with Gasteiger partial charge in [-0.1, -0.05) is 18.5 Å². The molecule has 7 heteroatoms. The Kier molecular flexibility index (Phi) is 7.21. The molecule has 0 aliphatic rings. The molecule has 0 saturated heterocycles. The number of hydrogen-bond acceptors (Lipinski definition) is 4. The van der Waals surface area contributed by atoms with Crippen molar-refractivity contribution in [3.05, 3.63) is 58.6 Å². The fourth-order valence-electron chi connectivity index (χ4n) is 2.22. The van der Waals surface area contributed by atoms with Crippen LogP contribution in [-0.2, 0) is 4.79 Å². The van der Waals surface area contributed by atoms with Crippen molar-refractivity contribution in [3.63, 3.8) is 0 Å². The normalized spacial score (nSPS) is 11.2. The molecule has 0 bridgehead atoms. The number of carbonyl (C=O) groups excluding carboxylic acids is 2. The van der Waals surface area contributed by atoms with E-state index in [4.69, 9.17) is 21.6 Å². The van der Waals surface area contributed by atoms with Gasteiger partial charge in [-0.15, -0.1) is 0 Å². The number of amides is 2. The summed E-state index contributed by atoms with van der Waals surface area (Å²) in [6.45, 7) is 4.14. The maximum atomic E-state index is 12.3. The number of benzene rings is 2. The van der Waals surface area contributed by atoms with E-state index in [-0.39, 0.29) is 16.8 Å². The molecular formula is C20H20ClN3O3. The lowest BCUT2D eigenvalue weighted by molar-refractivity contribution is -0.122. The highest BCUT2D eigenvalue weighted by Crippen LogP contribution is 2.21. The van der Waals surface area contributed by atoms with Gasteiger partial charge in [0.2, 0.25) is 0 Å². The van der Waals surface area contributed by atoms with Gasteiger partial charge in [0.15, 0.2) is 6.10 Å². The lowest BCUT2D eigenvalue weighted by atomic mass is 10.2. The molecule has 0 heterocycles. The van der Waals surface area contributed by atoms with E-state index in [1.165, 1.54) is 6.07 Å². The van der Waals surface area contributed by atoms with Crippen LogP contribution in [0.15, 0.2) is 42.5 Å². The van der Waals surface area contributed by atoms with Crippen LogP contribution in [0.5, 0.6) is 5.75 Å². The zero-order valence-electron chi connectivity index (χ0n) is 15.1. The van der Waals surface area contributed by atoms with Gasteiger partial charge in [-0.2, -0.15) is 5.26 Å². The summed E-state index contributed by atoms with van der Waals surface area (Å²) in [7, 11) is 0. The van der Waals surface area contributed by atoms with Crippen LogP contribution in [0.4, 0.5) is 5.69 Å². The van der Waals surface area contributed by atoms with E-state index in [2.05, 4.69) is 10.6 Å². The van der Waals surface area contributed by atoms with Crippen molar-refractivity contribution in [2.75, 3.05) is 11.9 Å². The average molecular weight is 386 g/mol. The zero-order valence-corrected chi connectivity index (χ0v) is 15.8. The SMILES string of the molecule is CCCNC(=O)c1ccc(NC(=O)C(C)Oc2ccc(C#N)cc2)cc1Cl. The lowest BCUT2D eigenvalue weighted by Crippen LogP contribution is -2.30. The van der Waals surface area contributed by atoms with Crippen LogP contribution in [0.3, 0.4) is 0 Å². The minimum atomic E-state index is -0.760. The molecule has 0 aliphatic heterocycles. The van der Waals surface area contributed by atoms with E-state index in [9.17, 15) is 9.59 Å². The smallest absolute Gasteiger partial charge is 0.265 e. The quantitative estimate of drug-likeness (QED) is 0.759. The van der Waals surface area contributed by atoms with Crippen molar-refractivity contribution in [1.82, 2.24) is 5.32 Å². The van der Waals surface area contributed by atoms with E-state index < -0.39 is 6.10 Å². The Labute approximate surface area is 163 Å². The number of carbonyl (C=O) groups is 2. The molecule has 0 spiro atoms. The molecule has 0 fully saturated rings. The Balaban J connectivity index is 1.98. The topological polar surface area (TPSA) is 91.2 Å². The van der Waals surface area contributed by atoms with Gasteiger partial charge in [-0.05, 0) is 55.8 Å². The number of nitriles is 1. The first-order chi connectivity index (χ1) is 12.9. The van der Waals surface area contributed by atoms with Gasteiger partial charge in [-0.25, -0.2) is 0 Å². The van der Waals surface area contributed by atoms with Crippen molar-refractivity contribution in [1.29, 1.82) is 5.26 Å². The van der Waals surface area contributed by atoms with Gasteiger partial charge in [0, 0.05) is 12.2 Å². The summed E-state index contributed by atoms with van der Waals surface area (Å²) in [6.07, 6.45) is 0.0680. The Morgan fingerprint density at radius 1 is 1.22 bits per heavy atom. The number of hydrogen-bond donors (Lipinski definition) is 2. The van der Waals surface area contributed by atoms with E-state index >= 15 is 0 Å². The van der Waals surface area contributed by atoms with Crippen LogP contribution >= 0.6 is 11.6 Å². The fraction of sp³-hybridized carbons (Fsp3) is 0.250. The van der Waals surface area contributed by atoms with Crippen LogP contribution < -0.4 is 15.4 Å². The van der Waals surface area contributed by atoms with Gasteiger partial charge < -0.3 is 15.4 Å². The van der Waals surface area contributed by atoms with Crippen LogP contribution in [-0.4, -0.2) is 24.5 Å². The molecule has 2 N–H and O–H groups in total. The Morgan fingerprint density at radius 2 is 1.93 bits per heavy atom. The molecule has 6 nitrogen and oxygen atoms in total. The van der Waals surface area contributed by atoms with Gasteiger partial charge in [0.05, 0.1) is 22.2 Å². The minimum absolute atomic E-state index is 0.252. The summed E-state index contributed by atoms with van der Waals surface area (Å²) in [5, 5.41) is 14.5. The molecule has 2 aromatic carbocycles. The van der Waals surface area contributed by atoms with Gasteiger partial charge >= 0.3 is 0 Å². The molecule has 1 unspecified atom stereocenters. The third-order valence-electron chi connectivity index (χ3n) is 3.68. The molecule has 1 atom stereocenters. The first-order valence-electron chi connectivity index (χ1n) is 8.50. The third-order valence-corrected chi connectivity index (χ3v) is 4.00. The summed E-state index contributed by atoms with van der Waals surface area (Å²) in [5.41, 5.74) is 1.33. The van der Waals surface area contributed by atoms with Crippen molar-refractivity contribution in [3.8, 4) is 11.8 Å². The predicted molar refractivity (Wildman–Crippen MR) is 104 cm³/mol. The second-order valence-corrected chi connectivity index (χ2v) is 6.24. The lowest BCUT2D eigenvalue weighted by Gasteiger charge is -2.15. The van der Waals surface area contributed by atoms with Crippen LogP contribution in [0, 0.1) is 11.3 Å². The minimum Gasteiger partial charge on any atom is -0.481 e. The highest BCUT2D eigenvalue weighted by atomic mass is 35.5. The Morgan fingerprint density at radius 3 is 2.52 bits per heavy atom. The van der Waals surface area contributed by atoms with Crippen molar-refractivity contribution in [2.45, 2.75) is 26.4 Å². The largest absolute Gasteiger partial charge is 0.481 e. The number of halogens is 1. The summed E-state index contributed by atoms with van der Waals surface area (Å²) < 4.78 is 5.57. The molecule has 0 saturated carbocycles. The fourth-order valence-corrected chi connectivity index (χ4v) is 2.49. The van der Waals surface area contributed by atoms with Crippen molar-refractivity contribution < 1.29 is 14.3 Å². The van der Waals surface area contributed by atoms with E-state index in [1.807, 2.05) is 13.0 Å². The number of anilines is 1. The second kappa shape index (κ2) is 9.60. The maximum Gasteiger partial charge on any atom is 0.265 e. The summed E-state index contributed by atoms with van der Waals surface area (Å²) in [6, 6.07) is 13.2. The first-order valence-corrected chi connectivity index (χ1v) is 8.87. The number of nitrogens with one attached hydrogen (secondary N) is 2. The van der Waals surface area contributed by atoms with Crippen LogP contribution in [0.1, 0.15) is 36.2 Å². The van der Waals surface area contributed by atoms with Crippen LogP contribution in [0.2, 0.25) is 5.02 Å². The average Bonchev–Trinajstić information content (AvgIpc) is 2.66. The summed E-state index contributed by atoms with van der Waals surface area (Å²) in [4.78, 5) is 24.3. The molecule has 27 heavy (non-hydrogen) atoms. The standard InChI is InChI=1S/C20H20ClN3O3/c1-3-10-23-20(26)17-9-6-15(11-18(17)21)24-19(25)13(2)27-16-7-4-14(12-22)5-8-16/h4-9,11,13H,3,10H2,1-2H3,(H,23,26)(H,24,25). The molecule has 2 rings (SSSR count). The Bertz CT molecular complexity index is 860. The third kappa shape index (κ3) is 5.73. The number of ether oxygens (including phenoxy) is 1. The van der Waals surface area contributed by atoms with E-state index in [0.29, 0.717) is 29.1 Å². The zero-order chi connectivity index (χ0) is 19.8.